The molecule has 0 aliphatic carbocycles. The first kappa shape index (κ1) is 12.7. The molecule has 96 valence electrons. The number of rotatable bonds is 3. The minimum Gasteiger partial charge on any atom is -0.398 e. The van der Waals surface area contributed by atoms with Crippen molar-refractivity contribution in [3.63, 3.8) is 0 Å². The van der Waals surface area contributed by atoms with Gasteiger partial charge in [0, 0.05) is 31.6 Å². The van der Waals surface area contributed by atoms with Crippen LogP contribution in [0.15, 0.2) is 18.2 Å². The van der Waals surface area contributed by atoms with Crippen molar-refractivity contribution in [2.45, 2.75) is 25.4 Å². The molecule has 0 saturated carbocycles. The smallest absolute Gasteiger partial charge is 0.0670 e. The molecule has 2 N–H and O–H groups in total. The van der Waals surface area contributed by atoms with E-state index in [1.54, 1.807) is 7.11 Å². The van der Waals surface area contributed by atoms with Gasteiger partial charge in [-0.2, -0.15) is 5.26 Å². The number of piperidine rings is 1. The number of hydrogen-bond acceptors (Lipinski definition) is 4. The fourth-order valence-electron chi connectivity index (χ4n) is 2.38. The number of methoxy groups -OCH3 is 1. The molecule has 1 fully saturated rings. The molecule has 1 aliphatic heterocycles. The molecule has 0 unspecified atom stereocenters. The molecule has 0 atom stereocenters. The Kier molecular flexibility index (Phi) is 4.06. The zero-order valence-corrected chi connectivity index (χ0v) is 10.7. The maximum atomic E-state index is 8.78. The monoisotopic (exact) mass is 245 g/mol. The molecule has 0 aromatic heterocycles. The van der Waals surface area contributed by atoms with E-state index < -0.39 is 0 Å². The Morgan fingerprint density at radius 3 is 2.78 bits per heavy atom. The summed E-state index contributed by atoms with van der Waals surface area (Å²) < 4.78 is 5.37. The molecule has 1 aromatic carbocycles. The summed E-state index contributed by atoms with van der Waals surface area (Å²) in [4.78, 5) is 2.33. The molecule has 4 nitrogen and oxygen atoms in total. The van der Waals surface area contributed by atoms with Crippen molar-refractivity contribution in [2.24, 2.45) is 0 Å². The van der Waals surface area contributed by atoms with Crippen molar-refractivity contribution in [3.05, 3.63) is 23.8 Å². The largest absolute Gasteiger partial charge is 0.398 e. The lowest BCUT2D eigenvalue weighted by Crippen LogP contribution is -2.36. The molecular weight excluding hydrogens is 226 g/mol. The Bertz CT molecular complexity index is 445. The maximum absolute atomic E-state index is 8.78. The zero-order chi connectivity index (χ0) is 13.0. The molecule has 1 aliphatic rings. The van der Waals surface area contributed by atoms with Crippen LogP contribution in [0, 0.1) is 11.3 Å². The number of anilines is 2. The summed E-state index contributed by atoms with van der Waals surface area (Å²) in [5.74, 6) is 0. The van der Waals surface area contributed by atoms with Gasteiger partial charge < -0.3 is 15.4 Å². The Morgan fingerprint density at radius 1 is 1.44 bits per heavy atom. The number of hydrogen-bond donors (Lipinski definition) is 1. The van der Waals surface area contributed by atoms with Crippen molar-refractivity contribution < 1.29 is 4.74 Å². The normalized spacial score (nSPS) is 16.6. The van der Waals surface area contributed by atoms with E-state index in [0.717, 1.165) is 37.2 Å². The highest BCUT2D eigenvalue weighted by Gasteiger charge is 2.19. The van der Waals surface area contributed by atoms with Crippen LogP contribution in [0.5, 0.6) is 0 Å². The third kappa shape index (κ3) is 2.74. The summed E-state index contributed by atoms with van der Waals surface area (Å²) in [6.07, 6.45) is 2.85. The van der Waals surface area contributed by atoms with Crippen LogP contribution in [0.2, 0.25) is 0 Å². The maximum Gasteiger partial charge on any atom is 0.0670 e. The van der Waals surface area contributed by atoms with Crippen molar-refractivity contribution >= 4 is 11.4 Å². The summed E-state index contributed by atoms with van der Waals surface area (Å²) in [6, 6.07) is 8.11. The minimum absolute atomic E-state index is 0.369. The van der Waals surface area contributed by atoms with Crippen molar-refractivity contribution in [1.82, 2.24) is 0 Å². The summed E-state index contributed by atoms with van der Waals surface area (Å²) in [5.41, 5.74) is 8.64. The van der Waals surface area contributed by atoms with Crippen LogP contribution in [0.4, 0.5) is 11.4 Å². The summed E-state index contributed by atoms with van der Waals surface area (Å²) >= 11 is 0. The van der Waals surface area contributed by atoms with Gasteiger partial charge in [-0.1, -0.05) is 0 Å². The predicted molar refractivity (Wildman–Crippen MR) is 72.4 cm³/mol. The Labute approximate surface area is 108 Å². The third-order valence-electron chi connectivity index (χ3n) is 3.54. The van der Waals surface area contributed by atoms with Gasteiger partial charge in [-0.05, 0) is 36.6 Å². The number of benzene rings is 1. The lowest BCUT2D eigenvalue weighted by Gasteiger charge is -2.33. The zero-order valence-electron chi connectivity index (χ0n) is 10.7. The van der Waals surface area contributed by atoms with Crippen molar-refractivity contribution in [3.8, 4) is 6.07 Å². The van der Waals surface area contributed by atoms with Gasteiger partial charge in [0.2, 0.25) is 0 Å². The average molecular weight is 245 g/mol. The van der Waals surface area contributed by atoms with E-state index in [4.69, 9.17) is 15.7 Å². The molecule has 1 saturated heterocycles. The van der Waals surface area contributed by atoms with Gasteiger partial charge in [-0.3, -0.25) is 0 Å². The Morgan fingerprint density at radius 2 is 2.17 bits per heavy atom. The molecule has 0 bridgehead atoms. The van der Waals surface area contributed by atoms with E-state index >= 15 is 0 Å². The second-order valence-corrected chi connectivity index (χ2v) is 4.64. The van der Waals surface area contributed by atoms with Gasteiger partial charge in [-0.15, -0.1) is 0 Å². The van der Waals surface area contributed by atoms with E-state index in [-0.39, 0.29) is 0 Å². The number of nitrogen functional groups attached to an aromatic ring is 1. The first-order chi connectivity index (χ1) is 8.74. The molecule has 2 rings (SSSR count). The molecular formula is C14H19N3O. The highest BCUT2D eigenvalue weighted by Crippen LogP contribution is 2.25. The standard InChI is InChI=1S/C14H19N3O/c1-18-13-5-8-17(9-6-13)12-2-3-14(16)11(10-12)4-7-15/h2-3,10,13H,4-6,8-9,16H2,1H3. The summed E-state index contributed by atoms with van der Waals surface area (Å²) in [7, 11) is 1.77. The third-order valence-corrected chi connectivity index (χ3v) is 3.54. The van der Waals surface area contributed by atoms with Crippen LogP contribution in [0.3, 0.4) is 0 Å². The van der Waals surface area contributed by atoms with E-state index in [0.29, 0.717) is 18.2 Å². The quantitative estimate of drug-likeness (QED) is 0.827. The number of nitriles is 1. The predicted octanol–water partition coefficient (Wildman–Crippen LogP) is 1.95. The van der Waals surface area contributed by atoms with Crippen LogP contribution in [0.25, 0.3) is 0 Å². The highest BCUT2D eigenvalue weighted by molar-refractivity contribution is 5.59. The molecule has 0 spiro atoms. The van der Waals surface area contributed by atoms with Gasteiger partial charge >= 0.3 is 0 Å². The molecule has 1 aromatic rings. The van der Waals surface area contributed by atoms with Crippen LogP contribution < -0.4 is 10.6 Å². The number of ether oxygens (including phenoxy) is 1. The van der Waals surface area contributed by atoms with Crippen LogP contribution in [-0.2, 0) is 11.2 Å². The fourth-order valence-corrected chi connectivity index (χ4v) is 2.38. The van der Waals surface area contributed by atoms with Gasteiger partial charge in [0.05, 0.1) is 18.6 Å². The van der Waals surface area contributed by atoms with Crippen LogP contribution in [-0.4, -0.2) is 26.3 Å². The molecule has 4 heteroatoms. The average Bonchev–Trinajstić information content (AvgIpc) is 2.42. The van der Waals surface area contributed by atoms with Crippen LogP contribution >= 0.6 is 0 Å². The van der Waals surface area contributed by atoms with E-state index in [2.05, 4.69) is 11.0 Å². The number of nitrogens with two attached hydrogens (primary N) is 1. The lowest BCUT2D eigenvalue weighted by molar-refractivity contribution is 0.0819. The second-order valence-electron chi connectivity index (χ2n) is 4.64. The molecule has 0 amide bonds. The first-order valence-electron chi connectivity index (χ1n) is 6.27. The SMILES string of the molecule is COC1CCN(c2ccc(N)c(CC#N)c2)CC1. The van der Waals surface area contributed by atoms with Gasteiger partial charge in [0.25, 0.3) is 0 Å². The van der Waals surface area contributed by atoms with E-state index in [9.17, 15) is 0 Å². The Balaban J connectivity index is 2.10. The van der Waals surface area contributed by atoms with Crippen LogP contribution in [0.1, 0.15) is 18.4 Å². The highest BCUT2D eigenvalue weighted by atomic mass is 16.5. The summed E-state index contributed by atoms with van der Waals surface area (Å²) in [5, 5.41) is 8.78. The van der Waals surface area contributed by atoms with Gasteiger partial charge in [-0.25, -0.2) is 0 Å². The van der Waals surface area contributed by atoms with Gasteiger partial charge in [0.15, 0.2) is 0 Å². The lowest BCUT2D eigenvalue weighted by atomic mass is 10.0. The molecule has 0 radical (unpaired) electrons. The van der Waals surface area contributed by atoms with Crippen molar-refractivity contribution in [1.29, 1.82) is 5.26 Å². The van der Waals surface area contributed by atoms with Crippen molar-refractivity contribution in [2.75, 3.05) is 30.8 Å². The number of nitrogens with zero attached hydrogens (tertiary/aromatic N) is 2. The van der Waals surface area contributed by atoms with E-state index in [1.165, 1.54) is 0 Å². The Hall–Kier alpha value is -1.73. The summed E-state index contributed by atoms with van der Waals surface area (Å²) in [6.45, 7) is 1.99. The first-order valence-corrected chi connectivity index (χ1v) is 6.27. The van der Waals surface area contributed by atoms with Gasteiger partial charge in [0.1, 0.15) is 0 Å². The minimum atomic E-state index is 0.369. The second kappa shape index (κ2) is 5.74. The van der Waals surface area contributed by atoms with E-state index in [1.807, 2.05) is 18.2 Å². The molecule has 18 heavy (non-hydrogen) atoms. The topological polar surface area (TPSA) is 62.3 Å². The fraction of sp³-hybridized carbons (Fsp3) is 0.500. The molecule has 1 heterocycles.